The van der Waals surface area contributed by atoms with Gasteiger partial charge in [-0.25, -0.2) is 0 Å². The summed E-state index contributed by atoms with van der Waals surface area (Å²) < 4.78 is 11.1. The number of amides is 1. The first-order valence-corrected chi connectivity index (χ1v) is 7.28. The second kappa shape index (κ2) is 6.95. The molecule has 0 unspecified atom stereocenters. The van der Waals surface area contributed by atoms with Crippen molar-refractivity contribution in [2.45, 2.75) is 44.9 Å². The van der Waals surface area contributed by atoms with Crippen LogP contribution in [0.1, 0.15) is 26.7 Å². The van der Waals surface area contributed by atoms with E-state index in [2.05, 4.69) is 5.32 Å². The zero-order valence-corrected chi connectivity index (χ0v) is 12.5. The molecule has 110 valence electrons. The van der Waals surface area contributed by atoms with E-state index in [4.69, 9.17) is 21.1 Å². The van der Waals surface area contributed by atoms with Crippen LogP contribution in [0.3, 0.4) is 0 Å². The number of hydrogen-bond donors (Lipinski definition) is 1. The minimum Gasteiger partial charge on any atom is -0.481 e. The summed E-state index contributed by atoms with van der Waals surface area (Å²) in [7, 11) is 0. The Morgan fingerprint density at radius 3 is 2.95 bits per heavy atom. The van der Waals surface area contributed by atoms with Gasteiger partial charge in [-0.05, 0) is 44.9 Å². The van der Waals surface area contributed by atoms with Crippen LogP contribution < -0.4 is 10.1 Å². The quantitative estimate of drug-likeness (QED) is 0.909. The first-order valence-electron chi connectivity index (χ1n) is 6.90. The zero-order chi connectivity index (χ0) is 14.5. The Labute approximate surface area is 124 Å². The smallest absolute Gasteiger partial charge is 0.261 e. The predicted molar refractivity (Wildman–Crippen MR) is 78.1 cm³/mol. The number of benzene rings is 1. The largest absolute Gasteiger partial charge is 0.481 e. The average Bonchev–Trinajstić information content (AvgIpc) is 2.92. The molecule has 1 aromatic carbocycles. The third-order valence-electron chi connectivity index (χ3n) is 3.37. The Kier molecular flexibility index (Phi) is 5.26. The zero-order valence-electron chi connectivity index (χ0n) is 11.8. The lowest BCUT2D eigenvalue weighted by atomic mass is 10.1. The molecule has 1 fully saturated rings. The monoisotopic (exact) mass is 297 g/mol. The molecule has 20 heavy (non-hydrogen) atoms. The highest BCUT2D eigenvalue weighted by Gasteiger charge is 2.25. The number of ether oxygens (including phenoxy) is 2. The molecule has 0 spiro atoms. The van der Waals surface area contributed by atoms with Gasteiger partial charge < -0.3 is 14.8 Å². The van der Waals surface area contributed by atoms with E-state index in [-0.39, 0.29) is 18.1 Å². The topological polar surface area (TPSA) is 47.6 Å². The highest BCUT2D eigenvalue weighted by molar-refractivity contribution is 6.30. The van der Waals surface area contributed by atoms with Crippen molar-refractivity contribution in [3.05, 3.63) is 29.3 Å². The molecule has 1 aliphatic heterocycles. The van der Waals surface area contributed by atoms with Crippen molar-refractivity contribution >= 4 is 17.5 Å². The molecule has 0 radical (unpaired) electrons. The Bertz CT molecular complexity index is 460. The van der Waals surface area contributed by atoms with Gasteiger partial charge in [0.1, 0.15) is 5.75 Å². The van der Waals surface area contributed by atoms with E-state index in [0.29, 0.717) is 10.8 Å². The van der Waals surface area contributed by atoms with E-state index in [0.717, 1.165) is 19.4 Å². The molecule has 4 nitrogen and oxygen atoms in total. The molecule has 1 N–H and O–H groups in total. The fraction of sp³-hybridized carbons (Fsp3) is 0.533. The van der Waals surface area contributed by atoms with Gasteiger partial charge in [0.05, 0.1) is 12.1 Å². The Morgan fingerprint density at radius 2 is 2.30 bits per heavy atom. The summed E-state index contributed by atoms with van der Waals surface area (Å²) in [6, 6.07) is 7.01. The van der Waals surface area contributed by atoms with E-state index >= 15 is 0 Å². The van der Waals surface area contributed by atoms with E-state index in [1.54, 1.807) is 31.2 Å². The summed E-state index contributed by atoms with van der Waals surface area (Å²) in [4.78, 5) is 12.1. The minimum atomic E-state index is -0.572. The van der Waals surface area contributed by atoms with Crippen molar-refractivity contribution in [1.82, 2.24) is 5.32 Å². The van der Waals surface area contributed by atoms with Gasteiger partial charge >= 0.3 is 0 Å². The van der Waals surface area contributed by atoms with Crippen LogP contribution in [0.4, 0.5) is 0 Å². The minimum absolute atomic E-state index is 0.00425. The Morgan fingerprint density at radius 1 is 1.50 bits per heavy atom. The Balaban J connectivity index is 1.85. The van der Waals surface area contributed by atoms with Gasteiger partial charge in [0.15, 0.2) is 6.10 Å². The summed E-state index contributed by atoms with van der Waals surface area (Å²) in [6.07, 6.45) is 1.58. The van der Waals surface area contributed by atoms with Crippen LogP contribution in [0.5, 0.6) is 5.75 Å². The first kappa shape index (κ1) is 15.1. The summed E-state index contributed by atoms with van der Waals surface area (Å²) in [5.74, 6) is 0.442. The van der Waals surface area contributed by atoms with Crippen LogP contribution >= 0.6 is 11.6 Å². The summed E-state index contributed by atoms with van der Waals surface area (Å²) >= 11 is 5.88. The standard InChI is InChI=1S/C15H20ClNO3/c1-10(14-7-4-8-19-14)17-15(18)11(2)20-13-6-3-5-12(16)9-13/h3,5-6,9-11,14H,4,7-8H2,1-2H3,(H,17,18)/t10-,11-,14-/m1/s1. The fourth-order valence-corrected chi connectivity index (χ4v) is 2.41. The molecule has 1 aliphatic rings. The van der Waals surface area contributed by atoms with E-state index < -0.39 is 6.10 Å². The SMILES string of the molecule is C[C@@H](Oc1cccc(Cl)c1)C(=O)N[C@H](C)[C@H]1CCCO1. The maximum atomic E-state index is 12.1. The maximum absolute atomic E-state index is 12.1. The molecule has 1 aromatic rings. The van der Waals surface area contributed by atoms with E-state index in [9.17, 15) is 4.79 Å². The van der Waals surface area contributed by atoms with Crippen molar-refractivity contribution in [1.29, 1.82) is 0 Å². The molecule has 1 amide bonds. The Hall–Kier alpha value is -1.26. The van der Waals surface area contributed by atoms with Gasteiger partial charge in [-0.1, -0.05) is 17.7 Å². The predicted octanol–water partition coefficient (Wildman–Crippen LogP) is 2.79. The summed E-state index contributed by atoms with van der Waals surface area (Å²) in [5.41, 5.74) is 0. The van der Waals surface area contributed by atoms with Crippen molar-refractivity contribution < 1.29 is 14.3 Å². The second-order valence-electron chi connectivity index (χ2n) is 5.07. The summed E-state index contributed by atoms with van der Waals surface area (Å²) in [6.45, 7) is 4.46. The van der Waals surface area contributed by atoms with Crippen molar-refractivity contribution in [2.24, 2.45) is 0 Å². The highest BCUT2D eigenvalue weighted by Crippen LogP contribution is 2.19. The number of nitrogens with one attached hydrogen (secondary N) is 1. The number of hydrogen-bond acceptors (Lipinski definition) is 3. The van der Waals surface area contributed by atoms with Gasteiger partial charge in [-0.3, -0.25) is 4.79 Å². The van der Waals surface area contributed by atoms with E-state index in [1.807, 2.05) is 6.92 Å². The van der Waals surface area contributed by atoms with Gasteiger partial charge in [-0.2, -0.15) is 0 Å². The molecule has 1 saturated heterocycles. The van der Waals surface area contributed by atoms with Gasteiger partial charge in [0, 0.05) is 11.6 Å². The van der Waals surface area contributed by atoms with Crippen molar-refractivity contribution in [3.63, 3.8) is 0 Å². The molecular formula is C15H20ClNO3. The third kappa shape index (κ3) is 4.12. The van der Waals surface area contributed by atoms with E-state index in [1.165, 1.54) is 0 Å². The molecule has 0 bridgehead atoms. The lowest BCUT2D eigenvalue weighted by Gasteiger charge is -2.22. The van der Waals surface area contributed by atoms with Crippen LogP contribution in [0, 0.1) is 0 Å². The van der Waals surface area contributed by atoms with Crippen LogP contribution in [-0.2, 0) is 9.53 Å². The molecule has 2 rings (SSSR count). The molecule has 0 saturated carbocycles. The van der Waals surface area contributed by atoms with Crippen molar-refractivity contribution in [3.8, 4) is 5.75 Å². The molecular weight excluding hydrogens is 278 g/mol. The number of carbonyl (C=O) groups is 1. The van der Waals surface area contributed by atoms with Crippen LogP contribution in [0.2, 0.25) is 5.02 Å². The fourth-order valence-electron chi connectivity index (χ4n) is 2.23. The number of halogens is 1. The average molecular weight is 298 g/mol. The molecule has 0 aliphatic carbocycles. The normalized spacial score (nSPS) is 21.2. The van der Waals surface area contributed by atoms with Crippen LogP contribution in [-0.4, -0.2) is 30.8 Å². The maximum Gasteiger partial charge on any atom is 0.261 e. The summed E-state index contributed by atoms with van der Waals surface area (Å²) in [5, 5.41) is 3.52. The third-order valence-corrected chi connectivity index (χ3v) is 3.61. The van der Waals surface area contributed by atoms with Crippen molar-refractivity contribution in [2.75, 3.05) is 6.61 Å². The molecule has 1 heterocycles. The molecule has 5 heteroatoms. The molecule has 0 aromatic heterocycles. The van der Waals surface area contributed by atoms with Gasteiger partial charge in [0.2, 0.25) is 0 Å². The number of rotatable bonds is 5. The van der Waals surface area contributed by atoms with Crippen LogP contribution in [0.15, 0.2) is 24.3 Å². The van der Waals surface area contributed by atoms with Gasteiger partial charge in [0.25, 0.3) is 5.91 Å². The first-order chi connectivity index (χ1) is 9.56. The molecule has 3 atom stereocenters. The lowest BCUT2D eigenvalue weighted by Crippen LogP contribution is -2.46. The second-order valence-corrected chi connectivity index (χ2v) is 5.50. The lowest BCUT2D eigenvalue weighted by molar-refractivity contribution is -0.128. The highest BCUT2D eigenvalue weighted by atomic mass is 35.5. The van der Waals surface area contributed by atoms with Gasteiger partial charge in [-0.15, -0.1) is 0 Å². The van der Waals surface area contributed by atoms with Crippen LogP contribution in [0.25, 0.3) is 0 Å². The number of carbonyl (C=O) groups excluding carboxylic acids is 1.